The molecule has 1 fully saturated rings. The highest BCUT2D eigenvalue weighted by Crippen LogP contribution is 2.26. The van der Waals surface area contributed by atoms with Crippen LogP contribution in [0.3, 0.4) is 0 Å². The SMILES string of the molecule is CCCCCCOc1ccc(O)c(C=N[C@H]2CCCC[C@@H]2N=Cc2cc(C)ccc2O)c1. The van der Waals surface area contributed by atoms with Crippen molar-refractivity contribution < 1.29 is 14.9 Å². The number of unbranched alkanes of at least 4 members (excludes halogenated alkanes) is 3. The Labute approximate surface area is 191 Å². The van der Waals surface area contributed by atoms with Crippen LogP contribution in [0.1, 0.15) is 75.0 Å². The van der Waals surface area contributed by atoms with Crippen molar-refractivity contribution in [1.82, 2.24) is 0 Å². The van der Waals surface area contributed by atoms with E-state index in [0.717, 1.165) is 49.0 Å². The van der Waals surface area contributed by atoms with Crippen LogP contribution >= 0.6 is 0 Å². The molecular formula is C27H36N2O3. The van der Waals surface area contributed by atoms with Crippen LogP contribution in [0.5, 0.6) is 17.2 Å². The van der Waals surface area contributed by atoms with Gasteiger partial charge in [-0.25, -0.2) is 0 Å². The van der Waals surface area contributed by atoms with E-state index in [9.17, 15) is 10.2 Å². The molecule has 1 aliphatic carbocycles. The van der Waals surface area contributed by atoms with Crippen LogP contribution in [0.2, 0.25) is 0 Å². The average Bonchev–Trinajstić information content (AvgIpc) is 2.80. The fourth-order valence-corrected chi connectivity index (χ4v) is 4.01. The molecule has 0 amide bonds. The molecule has 5 heteroatoms. The molecule has 5 nitrogen and oxygen atoms in total. The molecule has 0 radical (unpaired) electrons. The van der Waals surface area contributed by atoms with Crippen LogP contribution < -0.4 is 4.74 Å². The van der Waals surface area contributed by atoms with Gasteiger partial charge in [-0.1, -0.05) is 50.7 Å². The van der Waals surface area contributed by atoms with Crippen molar-refractivity contribution in [3.05, 3.63) is 53.1 Å². The molecule has 1 saturated carbocycles. The number of nitrogens with zero attached hydrogens (tertiary/aromatic N) is 2. The quantitative estimate of drug-likeness (QED) is 0.343. The predicted octanol–water partition coefficient (Wildman–Crippen LogP) is 6.21. The third-order valence-electron chi connectivity index (χ3n) is 5.95. The van der Waals surface area contributed by atoms with E-state index >= 15 is 0 Å². The molecule has 2 aromatic carbocycles. The third-order valence-corrected chi connectivity index (χ3v) is 5.95. The van der Waals surface area contributed by atoms with Gasteiger partial charge in [0, 0.05) is 23.6 Å². The first-order valence-electron chi connectivity index (χ1n) is 11.9. The minimum atomic E-state index is 0.0602. The van der Waals surface area contributed by atoms with Crippen molar-refractivity contribution in [1.29, 1.82) is 0 Å². The smallest absolute Gasteiger partial charge is 0.124 e. The van der Waals surface area contributed by atoms with E-state index in [-0.39, 0.29) is 23.6 Å². The summed E-state index contributed by atoms with van der Waals surface area (Å²) in [7, 11) is 0. The van der Waals surface area contributed by atoms with Gasteiger partial charge < -0.3 is 14.9 Å². The van der Waals surface area contributed by atoms with E-state index in [1.54, 1.807) is 30.6 Å². The largest absolute Gasteiger partial charge is 0.507 e. The zero-order valence-corrected chi connectivity index (χ0v) is 19.3. The minimum Gasteiger partial charge on any atom is -0.507 e. The van der Waals surface area contributed by atoms with Gasteiger partial charge in [0.2, 0.25) is 0 Å². The summed E-state index contributed by atoms with van der Waals surface area (Å²) in [6, 6.07) is 11.0. The summed E-state index contributed by atoms with van der Waals surface area (Å²) in [5.41, 5.74) is 2.49. The Balaban J connectivity index is 1.66. The molecule has 0 spiro atoms. The highest BCUT2D eigenvalue weighted by Gasteiger charge is 2.23. The van der Waals surface area contributed by atoms with Crippen LogP contribution in [-0.4, -0.2) is 41.3 Å². The van der Waals surface area contributed by atoms with E-state index in [1.165, 1.54) is 19.3 Å². The van der Waals surface area contributed by atoms with Crippen LogP contribution in [0.25, 0.3) is 0 Å². The topological polar surface area (TPSA) is 74.4 Å². The van der Waals surface area contributed by atoms with Gasteiger partial charge in [-0.3, -0.25) is 9.98 Å². The van der Waals surface area contributed by atoms with Crippen molar-refractivity contribution in [2.75, 3.05) is 6.61 Å². The van der Waals surface area contributed by atoms with Gasteiger partial charge in [0.05, 0.1) is 18.7 Å². The molecule has 0 unspecified atom stereocenters. The number of rotatable bonds is 10. The Morgan fingerprint density at radius 2 is 1.50 bits per heavy atom. The second-order valence-electron chi connectivity index (χ2n) is 8.67. The van der Waals surface area contributed by atoms with Gasteiger partial charge in [0.25, 0.3) is 0 Å². The normalized spacial score (nSPS) is 19.1. The van der Waals surface area contributed by atoms with Gasteiger partial charge in [-0.2, -0.15) is 0 Å². The molecule has 0 saturated heterocycles. The molecule has 2 atom stereocenters. The van der Waals surface area contributed by atoms with Gasteiger partial charge in [0.15, 0.2) is 0 Å². The van der Waals surface area contributed by atoms with Gasteiger partial charge in [-0.05, 0) is 56.5 Å². The first-order valence-corrected chi connectivity index (χ1v) is 11.9. The number of aliphatic imine (C=N–C) groups is 2. The summed E-state index contributed by atoms with van der Waals surface area (Å²) in [5.74, 6) is 1.20. The second kappa shape index (κ2) is 12.3. The molecule has 172 valence electrons. The van der Waals surface area contributed by atoms with E-state index in [4.69, 9.17) is 14.7 Å². The number of ether oxygens (including phenoxy) is 1. The summed E-state index contributed by atoms with van der Waals surface area (Å²) < 4.78 is 5.85. The van der Waals surface area contributed by atoms with Crippen LogP contribution in [0.15, 0.2) is 46.4 Å². The number of hydrogen-bond donors (Lipinski definition) is 2. The van der Waals surface area contributed by atoms with Crippen molar-refractivity contribution >= 4 is 12.4 Å². The van der Waals surface area contributed by atoms with E-state index in [2.05, 4.69) is 6.92 Å². The summed E-state index contributed by atoms with van der Waals surface area (Å²) in [5, 5.41) is 20.4. The first kappa shape index (κ1) is 23.8. The van der Waals surface area contributed by atoms with Crippen LogP contribution in [0.4, 0.5) is 0 Å². The summed E-state index contributed by atoms with van der Waals surface area (Å²) in [6.07, 6.45) is 12.3. The number of benzene rings is 2. The van der Waals surface area contributed by atoms with Crippen LogP contribution in [0, 0.1) is 6.92 Å². The highest BCUT2D eigenvalue weighted by molar-refractivity contribution is 5.85. The van der Waals surface area contributed by atoms with Crippen molar-refractivity contribution in [3.63, 3.8) is 0 Å². The van der Waals surface area contributed by atoms with E-state index < -0.39 is 0 Å². The Morgan fingerprint density at radius 3 is 2.16 bits per heavy atom. The summed E-state index contributed by atoms with van der Waals surface area (Å²) >= 11 is 0. The van der Waals surface area contributed by atoms with Gasteiger partial charge in [-0.15, -0.1) is 0 Å². The maximum atomic E-state index is 10.3. The lowest BCUT2D eigenvalue weighted by Gasteiger charge is -2.25. The molecule has 2 aromatic rings. The van der Waals surface area contributed by atoms with Gasteiger partial charge >= 0.3 is 0 Å². The summed E-state index contributed by atoms with van der Waals surface area (Å²) in [6.45, 7) is 4.88. The lowest BCUT2D eigenvalue weighted by atomic mass is 9.91. The van der Waals surface area contributed by atoms with E-state index in [0.29, 0.717) is 12.2 Å². The zero-order valence-electron chi connectivity index (χ0n) is 19.3. The molecule has 3 rings (SSSR count). The zero-order chi connectivity index (χ0) is 22.8. The molecule has 1 aliphatic rings. The molecule has 0 bridgehead atoms. The number of phenolic OH excluding ortho intramolecular Hbond substituents is 2. The fourth-order valence-electron chi connectivity index (χ4n) is 4.01. The molecule has 0 heterocycles. The molecule has 32 heavy (non-hydrogen) atoms. The number of aryl methyl sites for hydroxylation is 1. The average molecular weight is 437 g/mol. The number of phenols is 2. The minimum absolute atomic E-state index is 0.0602. The Kier molecular flexibility index (Phi) is 9.14. The van der Waals surface area contributed by atoms with Crippen LogP contribution in [-0.2, 0) is 0 Å². The Morgan fingerprint density at radius 1 is 0.875 bits per heavy atom. The molecular weight excluding hydrogens is 400 g/mol. The summed E-state index contributed by atoms with van der Waals surface area (Å²) in [4.78, 5) is 9.56. The fraction of sp³-hybridized carbons (Fsp3) is 0.481. The second-order valence-corrected chi connectivity index (χ2v) is 8.67. The third kappa shape index (κ3) is 7.11. The maximum absolute atomic E-state index is 10.3. The lowest BCUT2D eigenvalue weighted by molar-refractivity contribution is 0.304. The van der Waals surface area contributed by atoms with Gasteiger partial charge in [0.1, 0.15) is 17.2 Å². The molecule has 0 aliphatic heterocycles. The monoisotopic (exact) mass is 436 g/mol. The Hall–Kier alpha value is -2.82. The van der Waals surface area contributed by atoms with Crippen molar-refractivity contribution in [2.45, 2.75) is 77.3 Å². The highest BCUT2D eigenvalue weighted by atomic mass is 16.5. The van der Waals surface area contributed by atoms with Crippen molar-refractivity contribution in [2.24, 2.45) is 9.98 Å². The first-order chi connectivity index (χ1) is 15.6. The standard InChI is InChI=1S/C27H36N2O3/c1-3-4-5-8-15-32-23-12-14-27(31)22(17-23)19-29-25-10-7-6-9-24(25)28-18-21-16-20(2)11-13-26(21)30/h11-14,16-19,24-25,30-31H,3-10,15H2,1-2H3/t24-,25-/m0/s1. The number of hydrogen-bond acceptors (Lipinski definition) is 5. The van der Waals surface area contributed by atoms with Crippen molar-refractivity contribution in [3.8, 4) is 17.2 Å². The Bertz CT molecular complexity index is 923. The molecule has 0 aromatic heterocycles. The maximum Gasteiger partial charge on any atom is 0.124 e. The predicted molar refractivity (Wildman–Crippen MR) is 132 cm³/mol. The lowest BCUT2D eigenvalue weighted by Crippen LogP contribution is -2.27. The molecule has 2 N–H and O–H groups in total. The van der Waals surface area contributed by atoms with E-state index in [1.807, 2.05) is 25.1 Å². The number of aromatic hydroxyl groups is 2.